The Labute approximate surface area is 136 Å². The Bertz CT molecular complexity index is 993. The molecule has 1 N–H and O–H groups in total. The number of benzene rings is 1. The molecule has 0 unspecified atom stereocenters. The number of amides is 2. The molecule has 4 rings (SSSR count). The summed E-state index contributed by atoms with van der Waals surface area (Å²) < 4.78 is 6.77. The van der Waals surface area contributed by atoms with Gasteiger partial charge in [-0.3, -0.25) is 19.9 Å². The van der Waals surface area contributed by atoms with Gasteiger partial charge in [-0.15, -0.1) is 0 Å². The highest BCUT2D eigenvalue weighted by atomic mass is 79.9. The Hall–Kier alpha value is -2.12. The summed E-state index contributed by atoms with van der Waals surface area (Å²) in [5.41, 5.74) is 1.53. The van der Waals surface area contributed by atoms with E-state index in [1.165, 1.54) is 0 Å². The molecule has 2 aromatic heterocycles. The largest absolute Gasteiger partial charge is 0.456 e. The van der Waals surface area contributed by atoms with E-state index in [1.54, 1.807) is 18.3 Å². The Morgan fingerprint density at radius 1 is 1.27 bits per heavy atom. The van der Waals surface area contributed by atoms with E-state index >= 15 is 0 Å². The first kappa shape index (κ1) is 13.5. The second-order valence-electron chi connectivity index (χ2n) is 4.71. The SMILES string of the molecule is O=C1NC(=O)/C(=C/c2cc3cnc4cc(Br)ccc4c3o2)S1. The monoisotopic (exact) mass is 374 g/mol. The molecule has 0 radical (unpaired) electrons. The predicted molar refractivity (Wildman–Crippen MR) is 88.3 cm³/mol. The van der Waals surface area contributed by atoms with Crippen LogP contribution in [0.1, 0.15) is 5.76 Å². The Morgan fingerprint density at radius 2 is 2.14 bits per heavy atom. The molecule has 0 bridgehead atoms. The lowest BCUT2D eigenvalue weighted by Gasteiger charge is -1.98. The molecule has 3 heterocycles. The van der Waals surface area contributed by atoms with E-state index in [4.69, 9.17) is 4.42 Å². The van der Waals surface area contributed by atoms with Gasteiger partial charge in [-0.05, 0) is 36.0 Å². The molecule has 0 aliphatic carbocycles. The van der Waals surface area contributed by atoms with Crippen LogP contribution in [0.4, 0.5) is 4.79 Å². The molecule has 2 amide bonds. The van der Waals surface area contributed by atoms with E-state index in [1.807, 2.05) is 18.2 Å². The molecule has 7 heteroatoms. The van der Waals surface area contributed by atoms with Crippen LogP contribution < -0.4 is 5.32 Å². The Kier molecular flexibility index (Phi) is 3.05. The number of fused-ring (bicyclic) bond motifs is 3. The molecule has 22 heavy (non-hydrogen) atoms. The van der Waals surface area contributed by atoms with E-state index in [9.17, 15) is 9.59 Å². The second-order valence-corrected chi connectivity index (χ2v) is 6.64. The first-order valence-electron chi connectivity index (χ1n) is 6.33. The highest BCUT2D eigenvalue weighted by Gasteiger charge is 2.25. The molecule has 0 spiro atoms. The van der Waals surface area contributed by atoms with E-state index < -0.39 is 5.91 Å². The number of nitrogens with one attached hydrogen (secondary N) is 1. The smallest absolute Gasteiger partial charge is 0.290 e. The number of hydrogen-bond donors (Lipinski definition) is 1. The standard InChI is InChI=1S/C15H7BrN2O3S/c16-8-1-2-10-11(4-8)17-6-7-3-9(21-13(7)10)5-12-14(19)18-15(20)22-12/h1-6H,(H,18,19,20)/b12-5-. The van der Waals surface area contributed by atoms with Gasteiger partial charge >= 0.3 is 0 Å². The van der Waals surface area contributed by atoms with Crippen LogP contribution in [0.2, 0.25) is 0 Å². The van der Waals surface area contributed by atoms with Crippen molar-refractivity contribution in [3.05, 3.63) is 45.6 Å². The summed E-state index contributed by atoms with van der Waals surface area (Å²) in [7, 11) is 0. The first-order chi connectivity index (χ1) is 10.6. The maximum Gasteiger partial charge on any atom is 0.290 e. The summed E-state index contributed by atoms with van der Waals surface area (Å²) in [6, 6.07) is 7.56. The van der Waals surface area contributed by atoms with Crippen molar-refractivity contribution in [3.63, 3.8) is 0 Å². The molecule has 5 nitrogen and oxygen atoms in total. The molecular formula is C15H7BrN2O3S. The van der Waals surface area contributed by atoms with Gasteiger partial charge in [-0.1, -0.05) is 15.9 Å². The van der Waals surface area contributed by atoms with Crippen molar-refractivity contribution in [3.8, 4) is 0 Å². The van der Waals surface area contributed by atoms with E-state index in [0.29, 0.717) is 16.2 Å². The van der Waals surface area contributed by atoms with Crippen molar-refractivity contribution in [2.75, 3.05) is 0 Å². The fraction of sp³-hybridized carbons (Fsp3) is 0. The normalized spacial score (nSPS) is 16.9. The minimum Gasteiger partial charge on any atom is -0.456 e. The quantitative estimate of drug-likeness (QED) is 0.650. The maximum absolute atomic E-state index is 11.6. The number of thioether (sulfide) groups is 1. The second kappa shape index (κ2) is 4.96. The fourth-order valence-electron chi connectivity index (χ4n) is 2.30. The average molecular weight is 375 g/mol. The Morgan fingerprint density at radius 3 is 2.91 bits per heavy atom. The van der Waals surface area contributed by atoms with Gasteiger partial charge in [0.2, 0.25) is 0 Å². The van der Waals surface area contributed by atoms with Gasteiger partial charge in [0.25, 0.3) is 11.1 Å². The molecule has 1 aromatic carbocycles. The first-order valence-corrected chi connectivity index (χ1v) is 7.94. The lowest BCUT2D eigenvalue weighted by Crippen LogP contribution is -2.17. The van der Waals surface area contributed by atoms with Gasteiger partial charge in [-0.2, -0.15) is 0 Å². The van der Waals surface area contributed by atoms with Crippen LogP contribution in [0.3, 0.4) is 0 Å². The number of carbonyl (C=O) groups is 2. The van der Waals surface area contributed by atoms with Crippen LogP contribution in [-0.4, -0.2) is 16.1 Å². The summed E-state index contributed by atoms with van der Waals surface area (Å²) >= 11 is 4.28. The third-order valence-corrected chi connectivity index (χ3v) is 4.55. The maximum atomic E-state index is 11.6. The lowest BCUT2D eigenvalue weighted by atomic mass is 10.2. The molecule has 0 saturated carbocycles. The topological polar surface area (TPSA) is 72.2 Å². The third kappa shape index (κ3) is 2.22. The van der Waals surface area contributed by atoms with Crippen LogP contribution in [0.15, 0.2) is 44.3 Å². The third-order valence-electron chi connectivity index (χ3n) is 3.24. The molecule has 1 saturated heterocycles. The zero-order valence-electron chi connectivity index (χ0n) is 10.9. The number of rotatable bonds is 1. The van der Waals surface area contributed by atoms with Gasteiger partial charge in [0, 0.05) is 27.5 Å². The van der Waals surface area contributed by atoms with Crippen molar-refractivity contribution >= 4 is 66.8 Å². The van der Waals surface area contributed by atoms with Gasteiger partial charge in [0.1, 0.15) is 11.3 Å². The van der Waals surface area contributed by atoms with Crippen molar-refractivity contribution in [2.45, 2.75) is 0 Å². The van der Waals surface area contributed by atoms with E-state index in [0.717, 1.165) is 32.5 Å². The number of carbonyl (C=O) groups excluding carboxylic acids is 2. The minimum absolute atomic E-state index is 0.323. The van der Waals surface area contributed by atoms with Crippen LogP contribution in [0, 0.1) is 0 Å². The molecular weight excluding hydrogens is 368 g/mol. The number of pyridine rings is 1. The molecule has 1 aliphatic heterocycles. The lowest BCUT2D eigenvalue weighted by molar-refractivity contribution is -0.115. The number of hydrogen-bond acceptors (Lipinski definition) is 5. The van der Waals surface area contributed by atoms with Gasteiger partial charge < -0.3 is 4.42 Å². The highest BCUT2D eigenvalue weighted by molar-refractivity contribution is 9.10. The summed E-state index contributed by atoms with van der Waals surface area (Å²) in [4.78, 5) is 27.5. The van der Waals surface area contributed by atoms with Gasteiger partial charge in [0.15, 0.2) is 0 Å². The van der Waals surface area contributed by atoms with Gasteiger partial charge in [-0.25, -0.2) is 0 Å². The molecule has 1 fully saturated rings. The minimum atomic E-state index is -0.401. The predicted octanol–water partition coefficient (Wildman–Crippen LogP) is 4.07. The van der Waals surface area contributed by atoms with Crippen LogP contribution >= 0.6 is 27.7 Å². The summed E-state index contributed by atoms with van der Waals surface area (Å²) in [5.74, 6) is 0.113. The number of imide groups is 1. The van der Waals surface area contributed by atoms with Crippen molar-refractivity contribution in [1.82, 2.24) is 10.3 Å². The van der Waals surface area contributed by atoms with E-state index in [2.05, 4.69) is 26.2 Å². The Balaban J connectivity index is 1.87. The highest BCUT2D eigenvalue weighted by Crippen LogP contribution is 2.31. The average Bonchev–Trinajstić information content (AvgIpc) is 3.01. The molecule has 3 aromatic rings. The zero-order chi connectivity index (χ0) is 15.3. The number of halogens is 1. The van der Waals surface area contributed by atoms with Crippen LogP contribution in [0.25, 0.3) is 27.9 Å². The summed E-state index contributed by atoms with van der Waals surface area (Å²) in [6.07, 6.45) is 3.29. The molecule has 0 atom stereocenters. The number of aromatic nitrogens is 1. The van der Waals surface area contributed by atoms with Crippen molar-refractivity contribution in [2.24, 2.45) is 0 Å². The number of furan rings is 1. The van der Waals surface area contributed by atoms with E-state index in [-0.39, 0.29) is 5.24 Å². The van der Waals surface area contributed by atoms with Crippen molar-refractivity contribution in [1.29, 1.82) is 0 Å². The number of nitrogens with zero attached hydrogens (tertiary/aromatic N) is 1. The van der Waals surface area contributed by atoms with Crippen LogP contribution in [-0.2, 0) is 4.79 Å². The zero-order valence-corrected chi connectivity index (χ0v) is 13.3. The summed E-state index contributed by atoms with van der Waals surface area (Å²) in [6.45, 7) is 0. The molecule has 108 valence electrons. The fourth-order valence-corrected chi connectivity index (χ4v) is 3.31. The molecule has 1 aliphatic rings. The van der Waals surface area contributed by atoms with Crippen molar-refractivity contribution < 1.29 is 14.0 Å². The van der Waals surface area contributed by atoms with Gasteiger partial charge in [0.05, 0.1) is 10.4 Å². The van der Waals surface area contributed by atoms with Crippen LogP contribution in [0.5, 0.6) is 0 Å². The summed E-state index contributed by atoms with van der Waals surface area (Å²) in [5, 5.41) is 3.58.